The van der Waals surface area contributed by atoms with Crippen LogP contribution >= 0.6 is 0 Å². The average Bonchev–Trinajstić information content (AvgIpc) is 2.61. The standard InChI is InChI=1S/C18H20N2O4/c1-2-3-9-23-10-11-24-15-8-7-14-16-12(15)5-4-6-13(16)17(21)20(19)18(14)22/h4-8H,2-3,9-11,19H2,1H3. The first-order valence-electron chi connectivity index (χ1n) is 8.05. The van der Waals surface area contributed by atoms with Crippen LogP contribution in [0, 0.1) is 0 Å². The van der Waals surface area contributed by atoms with Crippen molar-refractivity contribution >= 4 is 22.6 Å². The third-order valence-corrected chi connectivity index (χ3v) is 4.03. The Balaban J connectivity index is 1.86. The van der Waals surface area contributed by atoms with Gasteiger partial charge in [0.1, 0.15) is 12.4 Å². The minimum atomic E-state index is -0.502. The van der Waals surface area contributed by atoms with Gasteiger partial charge in [0, 0.05) is 17.4 Å². The molecule has 6 heteroatoms. The van der Waals surface area contributed by atoms with Crippen LogP contribution in [-0.4, -0.2) is 36.6 Å². The first-order valence-corrected chi connectivity index (χ1v) is 8.05. The lowest BCUT2D eigenvalue weighted by atomic mass is 9.94. The van der Waals surface area contributed by atoms with Crippen molar-refractivity contribution in [3.05, 3.63) is 41.5 Å². The van der Waals surface area contributed by atoms with Crippen LogP contribution < -0.4 is 10.6 Å². The zero-order chi connectivity index (χ0) is 17.1. The number of hydrogen-bond donors (Lipinski definition) is 1. The summed E-state index contributed by atoms with van der Waals surface area (Å²) in [6, 6.07) is 8.64. The molecule has 0 atom stereocenters. The van der Waals surface area contributed by atoms with Gasteiger partial charge in [0.25, 0.3) is 11.8 Å². The summed E-state index contributed by atoms with van der Waals surface area (Å²) in [4.78, 5) is 24.4. The van der Waals surface area contributed by atoms with Crippen LogP contribution in [0.15, 0.2) is 30.3 Å². The highest BCUT2D eigenvalue weighted by molar-refractivity contribution is 6.25. The van der Waals surface area contributed by atoms with Gasteiger partial charge in [-0.3, -0.25) is 9.59 Å². The molecule has 0 aromatic heterocycles. The highest BCUT2D eigenvalue weighted by atomic mass is 16.5. The Kier molecular flexibility index (Phi) is 4.78. The predicted molar refractivity (Wildman–Crippen MR) is 89.9 cm³/mol. The van der Waals surface area contributed by atoms with E-state index >= 15 is 0 Å². The summed E-state index contributed by atoms with van der Waals surface area (Å²) in [6.07, 6.45) is 2.12. The zero-order valence-corrected chi connectivity index (χ0v) is 13.6. The van der Waals surface area contributed by atoms with E-state index in [4.69, 9.17) is 15.3 Å². The second kappa shape index (κ2) is 6.98. The van der Waals surface area contributed by atoms with Gasteiger partial charge in [-0.2, -0.15) is 0 Å². The van der Waals surface area contributed by atoms with E-state index in [1.165, 1.54) is 0 Å². The van der Waals surface area contributed by atoms with Crippen LogP contribution in [0.2, 0.25) is 0 Å². The first kappa shape index (κ1) is 16.4. The number of carbonyl (C=O) groups is 2. The third kappa shape index (κ3) is 2.86. The SMILES string of the molecule is CCCCOCCOc1ccc2c3c(cccc13)C(=O)N(N)C2=O. The maximum atomic E-state index is 12.2. The third-order valence-electron chi connectivity index (χ3n) is 4.03. The molecule has 2 N–H and O–H groups in total. The lowest BCUT2D eigenvalue weighted by Gasteiger charge is -2.23. The van der Waals surface area contributed by atoms with Crippen molar-refractivity contribution in [2.45, 2.75) is 19.8 Å². The van der Waals surface area contributed by atoms with Crippen LogP contribution in [0.1, 0.15) is 40.5 Å². The van der Waals surface area contributed by atoms with E-state index in [1.807, 2.05) is 6.07 Å². The van der Waals surface area contributed by atoms with Gasteiger partial charge < -0.3 is 9.47 Å². The number of amides is 2. The first-order chi connectivity index (χ1) is 11.6. The van der Waals surface area contributed by atoms with Gasteiger partial charge in [-0.1, -0.05) is 25.5 Å². The topological polar surface area (TPSA) is 81.9 Å². The molecule has 0 saturated carbocycles. The molecular weight excluding hydrogens is 308 g/mol. The van der Waals surface area contributed by atoms with Gasteiger partial charge in [-0.15, -0.1) is 0 Å². The number of rotatable bonds is 7. The fourth-order valence-corrected chi connectivity index (χ4v) is 2.77. The quantitative estimate of drug-likeness (QED) is 0.365. The molecule has 2 amide bonds. The summed E-state index contributed by atoms with van der Waals surface area (Å²) in [5.74, 6) is 5.20. The van der Waals surface area contributed by atoms with E-state index in [-0.39, 0.29) is 0 Å². The number of nitrogens with zero attached hydrogens (tertiary/aromatic N) is 1. The summed E-state index contributed by atoms with van der Waals surface area (Å²) in [6.45, 7) is 3.74. The van der Waals surface area contributed by atoms with Crippen LogP contribution in [-0.2, 0) is 4.74 Å². The molecule has 0 bridgehead atoms. The molecule has 0 spiro atoms. The smallest absolute Gasteiger partial charge is 0.275 e. The van der Waals surface area contributed by atoms with Crippen molar-refractivity contribution in [2.75, 3.05) is 19.8 Å². The van der Waals surface area contributed by atoms with E-state index in [2.05, 4.69) is 6.92 Å². The number of benzene rings is 2. The number of unbranched alkanes of at least 4 members (excludes halogenated alkanes) is 1. The molecule has 1 aliphatic rings. The van der Waals surface area contributed by atoms with Gasteiger partial charge >= 0.3 is 0 Å². The van der Waals surface area contributed by atoms with Gasteiger partial charge in [0.15, 0.2) is 0 Å². The van der Waals surface area contributed by atoms with Crippen molar-refractivity contribution in [1.82, 2.24) is 5.01 Å². The fourth-order valence-electron chi connectivity index (χ4n) is 2.77. The summed E-state index contributed by atoms with van der Waals surface area (Å²) in [7, 11) is 0. The molecule has 1 aliphatic heterocycles. The second-order valence-corrected chi connectivity index (χ2v) is 5.63. The number of ether oxygens (including phenoxy) is 2. The minimum absolute atomic E-state index is 0.410. The Labute approximate surface area is 140 Å². The molecule has 3 rings (SSSR count). The van der Waals surface area contributed by atoms with Gasteiger partial charge in [-0.25, -0.2) is 10.9 Å². The molecule has 6 nitrogen and oxygen atoms in total. The second-order valence-electron chi connectivity index (χ2n) is 5.63. The van der Waals surface area contributed by atoms with E-state index in [9.17, 15) is 9.59 Å². The lowest BCUT2D eigenvalue weighted by Crippen LogP contribution is -2.45. The Bertz CT molecular complexity index is 766. The molecule has 0 fully saturated rings. The Hall–Kier alpha value is -2.44. The molecule has 126 valence electrons. The Morgan fingerprint density at radius 2 is 1.75 bits per heavy atom. The normalized spacial score (nSPS) is 13.7. The lowest BCUT2D eigenvalue weighted by molar-refractivity contribution is 0.0610. The van der Waals surface area contributed by atoms with Crippen molar-refractivity contribution in [3.63, 3.8) is 0 Å². The predicted octanol–water partition coefficient (Wildman–Crippen LogP) is 2.50. The van der Waals surface area contributed by atoms with E-state index < -0.39 is 11.8 Å². The zero-order valence-electron chi connectivity index (χ0n) is 13.6. The number of hydrazine groups is 1. The summed E-state index contributed by atoms with van der Waals surface area (Å²) < 4.78 is 11.3. The highest BCUT2D eigenvalue weighted by Gasteiger charge is 2.31. The molecular formula is C18H20N2O4. The molecule has 2 aromatic rings. The number of hydrogen-bond acceptors (Lipinski definition) is 5. The molecule has 0 saturated heterocycles. The summed E-state index contributed by atoms with van der Waals surface area (Å²) in [5.41, 5.74) is 0.823. The van der Waals surface area contributed by atoms with Crippen molar-refractivity contribution in [1.29, 1.82) is 0 Å². The maximum Gasteiger partial charge on any atom is 0.275 e. The monoisotopic (exact) mass is 328 g/mol. The van der Waals surface area contributed by atoms with Crippen molar-refractivity contribution in [3.8, 4) is 5.75 Å². The summed E-state index contributed by atoms with van der Waals surface area (Å²) in [5, 5.41) is 1.98. The fraction of sp³-hybridized carbons (Fsp3) is 0.333. The Morgan fingerprint density at radius 3 is 2.50 bits per heavy atom. The van der Waals surface area contributed by atoms with Crippen LogP contribution in [0.5, 0.6) is 5.75 Å². The van der Waals surface area contributed by atoms with E-state index in [1.54, 1.807) is 24.3 Å². The molecule has 2 aromatic carbocycles. The van der Waals surface area contributed by atoms with Gasteiger partial charge in [0.05, 0.1) is 17.7 Å². The molecule has 24 heavy (non-hydrogen) atoms. The molecule has 0 aliphatic carbocycles. The largest absolute Gasteiger partial charge is 0.491 e. The van der Waals surface area contributed by atoms with Crippen LogP contribution in [0.3, 0.4) is 0 Å². The molecule has 0 unspecified atom stereocenters. The molecule has 0 radical (unpaired) electrons. The maximum absolute atomic E-state index is 12.2. The number of carbonyl (C=O) groups excluding carboxylic acids is 2. The average molecular weight is 328 g/mol. The van der Waals surface area contributed by atoms with Crippen molar-refractivity contribution < 1.29 is 19.1 Å². The molecule has 1 heterocycles. The van der Waals surface area contributed by atoms with Gasteiger partial charge in [0.2, 0.25) is 0 Å². The highest BCUT2D eigenvalue weighted by Crippen LogP contribution is 2.34. The van der Waals surface area contributed by atoms with Crippen LogP contribution in [0.25, 0.3) is 10.8 Å². The van der Waals surface area contributed by atoms with E-state index in [0.29, 0.717) is 40.5 Å². The van der Waals surface area contributed by atoms with Gasteiger partial charge in [-0.05, 0) is 24.6 Å². The van der Waals surface area contributed by atoms with Crippen LogP contribution in [0.4, 0.5) is 0 Å². The van der Waals surface area contributed by atoms with Crippen molar-refractivity contribution in [2.24, 2.45) is 5.84 Å². The Morgan fingerprint density at radius 1 is 1.00 bits per heavy atom. The number of imide groups is 1. The minimum Gasteiger partial charge on any atom is -0.491 e. The number of nitrogens with two attached hydrogens (primary N) is 1. The van der Waals surface area contributed by atoms with E-state index in [0.717, 1.165) is 24.8 Å². The summed E-state index contributed by atoms with van der Waals surface area (Å²) >= 11 is 0.